The van der Waals surface area contributed by atoms with Crippen LogP contribution in [0.3, 0.4) is 0 Å². The van der Waals surface area contributed by atoms with E-state index in [1.165, 1.54) is 24.0 Å². The van der Waals surface area contributed by atoms with Gasteiger partial charge < -0.3 is 4.74 Å². The van der Waals surface area contributed by atoms with E-state index in [0.29, 0.717) is 6.61 Å². The van der Waals surface area contributed by atoms with Crippen LogP contribution < -0.4 is 4.74 Å². The molecule has 2 heterocycles. The number of aryl methyl sites for hydroxylation is 2. The summed E-state index contributed by atoms with van der Waals surface area (Å²) in [4.78, 5) is 2.47. The van der Waals surface area contributed by atoms with Crippen LogP contribution in [0.15, 0.2) is 53.7 Å². The van der Waals surface area contributed by atoms with Crippen LogP contribution in [0, 0.1) is 13.8 Å². The van der Waals surface area contributed by atoms with Gasteiger partial charge in [0.1, 0.15) is 5.75 Å². The summed E-state index contributed by atoms with van der Waals surface area (Å²) in [5.41, 5.74) is 3.60. The zero-order valence-electron chi connectivity index (χ0n) is 17.9. The van der Waals surface area contributed by atoms with Crippen molar-refractivity contribution in [3.05, 3.63) is 65.5 Å². The van der Waals surface area contributed by atoms with Crippen LogP contribution in [0.1, 0.15) is 36.2 Å². The number of benzene rings is 2. The minimum Gasteiger partial charge on any atom is -0.494 e. The van der Waals surface area contributed by atoms with Crippen molar-refractivity contribution in [1.82, 2.24) is 19.7 Å². The van der Waals surface area contributed by atoms with E-state index in [1.807, 2.05) is 6.07 Å². The highest BCUT2D eigenvalue weighted by atomic mass is 32.2. The largest absolute Gasteiger partial charge is 0.494 e. The van der Waals surface area contributed by atoms with E-state index >= 15 is 0 Å². The Morgan fingerprint density at radius 2 is 1.70 bits per heavy atom. The molecule has 3 aromatic rings. The van der Waals surface area contributed by atoms with Crippen molar-refractivity contribution in [1.29, 1.82) is 0 Å². The van der Waals surface area contributed by atoms with Gasteiger partial charge in [-0.2, -0.15) is 0 Å². The third-order valence-corrected chi connectivity index (χ3v) is 6.28. The van der Waals surface area contributed by atoms with Gasteiger partial charge in [-0.15, -0.1) is 10.2 Å². The topological polar surface area (TPSA) is 43.2 Å². The number of thioether (sulfide) groups is 1. The van der Waals surface area contributed by atoms with Crippen molar-refractivity contribution in [3.63, 3.8) is 0 Å². The lowest BCUT2D eigenvalue weighted by molar-refractivity contribution is 0.318. The number of hydrogen-bond donors (Lipinski definition) is 0. The maximum absolute atomic E-state index is 5.95. The van der Waals surface area contributed by atoms with Gasteiger partial charge in [0, 0.05) is 11.4 Å². The minimum absolute atomic E-state index is 0.704. The van der Waals surface area contributed by atoms with Crippen LogP contribution in [-0.2, 0) is 6.54 Å². The predicted molar refractivity (Wildman–Crippen MR) is 123 cm³/mol. The lowest BCUT2D eigenvalue weighted by Gasteiger charge is -2.16. The minimum atomic E-state index is 0.704. The normalized spacial score (nSPS) is 14.3. The molecule has 1 aromatic heterocycles. The van der Waals surface area contributed by atoms with Gasteiger partial charge in [-0.1, -0.05) is 36.0 Å². The van der Waals surface area contributed by atoms with E-state index in [2.05, 4.69) is 76.0 Å². The van der Waals surface area contributed by atoms with Crippen molar-refractivity contribution in [3.8, 4) is 11.4 Å². The van der Waals surface area contributed by atoms with Gasteiger partial charge in [0.2, 0.25) is 0 Å². The van der Waals surface area contributed by atoms with Gasteiger partial charge in [0.25, 0.3) is 0 Å². The van der Waals surface area contributed by atoms with Crippen molar-refractivity contribution in [2.45, 2.75) is 44.8 Å². The smallest absolute Gasteiger partial charge is 0.195 e. The quantitative estimate of drug-likeness (QED) is 0.357. The molecule has 0 saturated carbocycles. The Bertz CT molecular complexity index is 931. The fraction of sp³-hybridized carbons (Fsp3) is 0.417. The average Bonchev–Trinajstić information content (AvgIpc) is 3.38. The Kier molecular flexibility index (Phi) is 7.07. The van der Waals surface area contributed by atoms with Crippen molar-refractivity contribution >= 4 is 11.8 Å². The Morgan fingerprint density at radius 1 is 0.967 bits per heavy atom. The Hall–Kier alpha value is -2.31. The third kappa shape index (κ3) is 5.43. The van der Waals surface area contributed by atoms with Crippen molar-refractivity contribution < 1.29 is 4.74 Å². The highest BCUT2D eigenvalue weighted by molar-refractivity contribution is 7.99. The van der Waals surface area contributed by atoms with Crippen LogP contribution in [-0.4, -0.2) is 45.1 Å². The second-order valence-electron chi connectivity index (χ2n) is 7.93. The predicted octanol–water partition coefficient (Wildman–Crippen LogP) is 5.04. The number of aromatic nitrogens is 3. The van der Waals surface area contributed by atoms with E-state index in [9.17, 15) is 0 Å². The van der Waals surface area contributed by atoms with Gasteiger partial charge in [0.15, 0.2) is 11.0 Å². The molecule has 0 unspecified atom stereocenters. The first-order valence-electron chi connectivity index (χ1n) is 10.7. The van der Waals surface area contributed by atoms with Crippen LogP contribution in [0.25, 0.3) is 5.69 Å². The van der Waals surface area contributed by atoms with Crippen LogP contribution >= 0.6 is 11.8 Å². The molecule has 0 atom stereocenters. The fourth-order valence-corrected chi connectivity index (χ4v) is 4.79. The number of likely N-dealkylation sites (tertiary alicyclic amines) is 1. The van der Waals surface area contributed by atoms with Gasteiger partial charge in [0.05, 0.1) is 13.2 Å². The number of para-hydroxylation sites is 1. The van der Waals surface area contributed by atoms with Gasteiger partial charge >= 0.3 is 0 Å². The zero-order valence-corrected chi connectivity index (χ0v) is 18.7. The zero-order chi connectivity index (χ0) is 20.8. The standard InChI is InChI=1S/C24H30N4OS/c1-19-15-20(2)17-22(16-19)29-13-8-14-30-24-26-25-23(18-27-11-6-7-12-27)28(24)21-9-4-3-5-10-21/h3-5,9-10,15-17H,6-8,11-14,18H2,1-2H3. The summed E-state index contributed by atoms with van der Waals surface area (Å²) in [5, 5.41) is 10.0. The SMILES string of the molecule is Cc1cc(C)cc(OCCCSc2nnc(CN3CCCC3)n2-c2ccccc2)c1. The molecule has 0 amide bonds. The molecule has 1 aliphatic heterocycles. The summed E-state index contributed by atoms with van der Waals surface area (Å²) < 4.78 is 8.17. The summed E-state index contributed by atoms with van der Waals surface area (Å²) in [6, 6.07) is 16.8. The van der Waals surface area contributed by atoms with Crippen LogP contribution in [0.2, 0.25) is 0 Å². The summed E-state index contributed by atoms with van der Waals surface area (Å²) in [5.74, 6) is 2.93. The Balaban J connectivity index is 1.37. The van der Waals surface area contributed by atoms with Crippen LogP contribution in [0.5, 0.6) is 5.75 Å². The molecule has 0 N–H and O–H groups in total. The maximum atomic E-state index is 5.95. The molecule has 1 fully saturated rings. The highest BCUT2D eigenvalue weighted by Crippen LogP contribution is 2.24. The van der Waals surface area contributed by atoms with E-state index < -0.39 is 0 Å². The first-order valence-corrected chi connectivity index (χ1v) is 11.7. The molecular weight excluding hydrogens is 392 g/mol. The first-order chi connectivity index (χ1) is 14.7. The van der Waals surface area contributed by atoms with Gasteiger partial charge in [-0.05, 0) is 81.6 Å². The monoisotopic (exact) mass is 422 g/mol. The van der Waals surface area contributed by atoms with Crippen LogP contribution in [0.4, 0.5) is 0 Å². The molecule has 0 bridgehead atoms. The summed E-state index contributed by atoms with van der Waals surface area (Å²) in [6.07, 6.45) is 3.52. The molecule has 6 heteroatoms. The average molecular weight is 423 g/mol. The molecule has 0 aliphatic carbocycles. The van der Waals surface area contributed by atoms with E-state index in [-0.39, 0.29) is 0 Å². The summed E-state index contributed by atoms with van der Waals surface area (Å²) in [6.45, 7) is 8.08. The molecule has 1 aliphatic rings. The Morgan fingerprint density at radius 3 is 2.43 bits per heavy atom. The second kappa shape index (κ2) is 10.1. The molecule has 0 radical (unpaired) electrons. The number of hydrogen-bond acceptors (Lipinski definition) is 5. The number of ether oxygens (including phenoxy) is 1. The van der Waals surface area contributed by atoms with Gasteiger partial charge in [-0.25, -0.2) is 0 Å². The highest BCUT2D eigenvalue weighted by Gasteiger charge is 2.19. The number of rotatable bonds is 9. The lowest BCUT2D eigenvalue weighted by Crippen LogP contribution is -2.21. The lowest BCUT2D eigenvalue weighted by atomic mass is 10.1. The Labute approximate surface area is 183 Å². The molecular formula is C24H30N4OS. The van der Waals surface area contributed by atoms with Crippen molar-refractivity contribution in [2.24, 2.45) is 0 Å². The molecule has 2 aromatic carbocycles. The van der Waals surface area contributed by atoms with E-state index in [0.717, 1.165) is 54.2 Å². The second-order valence-corrected chi connectivity index (χ2v) is 8.99. The van der Waals surface area contributed by atoms with E-state index in [1.54, 1.807) is 11.8 Å². The molecule has 158 valence electrons. The van der Waals surface area contributed by atoms with Gasteiger partial charge in [-0.3, -0.25) is 9.47 Å². The summed E-state index contributed by atoms with van der Waals surface area (Å²) >= 11 is 1.75. The number of nitrogens with zero attached hydrogens (tertiary/aromatic N) is 4. The molecule has 4 rings (SSSR count). The molecule has 0 spiro atoms. The van der Waals surface area contributed by atoms with Crippen molar-refractivity contribution in [2.75, 3.05) is 25.4 Å². The summed E-state index contributed by atoms with van der Waals surface area (Å²) in [7, 11) is 0. The molecule has 1 saturated heterocycles. The third-order valence-electron chi connectivity index (χ3n) is 5.26. The van der Waals surface area contributed by atoms with E-state index in [4.69, 9.17) is 4.74 Å². The maximum Gasteiger partial charge on any atom is 0.195 e. The fourth-order valence-electron chi connectivity index (χ4n) is 3.90. The molecule has 30 heavy (non-hydrogen) atoms. The first kappa shape index (κ1) is 20.9. The molecule has 5 nitrogen and oxygen atoms in total.